The summed E-state index contributed by atoms with van der Waals surface area (Å²) in [5.74, 6) is -1.26. The number of sulfonamides is 1. The van der Waals surface area contributed by atoms with Crippen molar-refractivity contribution in [1.82, 2.24) is 19.0 Å². The number of aliphatic hydroxyl groups is 1. The molecular formula is C14H22N4O5S. The van der Waals surface area contributed by atoms with E-state index in [1.54, 1.807) is 0 Å². The molecule has 9 nitrogen and oxygen atoms in total. The van der Waals surface area contributed by atoms with Gasteiger partial charge in [-0.25, -0.2) is 8.42 Å². The van der Waals surface area contributed by atoms with Crippen molar-refractivity contribution in [1.29, 1.82) is 0 Å². The van der Waals surface area contributed by atoms with E-state index >= 15 is 0 Å². The quantitative estimate of drug-likeness (QED) is 0.663. The summed E-state index contributed by atoms with van der Waals surface area (Å²) in [7, 11) is -3.75. The Hall–Kier alpha value is -1.49. The minimum atomic E-state index is -3.75. The van der Waals surface area contributed by atoms with Crippen LogP contribution in [-0.4, -0.2) is 82.9 Å². The summed E-state index contributed by atoms with van der Waals surface area (Å²) in [6, 6.07) is 0. The highest BCUT2D eigenvalue weighted by Crippen LogP contribution is 2.44. The van der Waals surface area contributed by atoms with Gasteiger partial charge in [-0.3, -0.25) is 14.4 Å². The summed E-state index contributed by atoms with van der Waals surface area (Å²) in [5.41, 5.74) is -1.11. The van der Waals surface area contributed by atoms with E-state index in [1.807, 2.05) is 11.8 Å². The maximum atomic E-state index is 12.8. The highest BCUT2D eigenvalue weighted by atomic mass is 32.2. The van der Waals surface area contributed by atoms with E-state index in [4.69, 9.17) is 5.11 Å². The predicted octanol–water partition coefficient (Wildman–Crippen LogP) is -1.10. The number of fused-ring (bicyclic) bond motifs is 1. The molecule has 3 heterocycles. The Morgan fingerprint density at radius 3 is 2.71 bits per heavy atom. The van der Waals surface area contributed by atoms with Gasteiger partial charge < -0.3 is 10.2 Å². The van der Waals surface area contributed by atoms with Crippen molar-refractivity contribution in [3.05, 3.63) is 12.4 Å². The van der Waals surface area contributed by atoms with Gasteiger partial charge >= 0.3 is 5.97 Å². The molecule has 2 aliphatic heterocycles. The summed E-state index contributed by atoms with van der Waals surface area (Å²) in [6.07, 6.45) is 2.77. The average Bonchev–Trinajstić information content (AvgIpc) is 3.19. The number of aliphatic hydroxyl groups excluding tert-OH is 1. The number of hydrogen-bond acceptors (Lipinski definition) is 6. The second-order valence-corrected chi connectivity index (χ2v) is 8.38. The van der Waals surface area contributed by atoms with Crippen molar-refractivity contribution in [2.75, 3.05) is 39.3 Å². The topological polar surface area (TPSA) is 116 Å². The molecule has 2 N–H and O–H groups in total. The van der Waals surface area contributed by atoms with E-state index in [0.29, 0.717) is 19.6 Å². The van der Waals surface area contributed by atoms with Crippen molar-refractivity contribution >= 4 is 16.0 Å². The first-order valence-electron chi connectivity index (χ1n) is 7.92. The Balaban J connectivity index is 1.85. The normalized spacial score (nSPS) is 28.3. The first-order chi connectivity index (χ1) is 11.3. The highest BCUT2D eigenvalue weighted by Gasteiger charge is 2.59. The SMILES string of the molecule is CCn1cc(S(=O)(=O)N2C[C@H]3CN(CCO)C[C@@]3(C(=O)O)C2)cn1. The molecule has 0 aliphatic carbocycles. The number of carbonyl (C=O) groups is 1. The lowest BCUT2D eigenvalue weighted by Crippen LogP contribution is -2.42. The third-order valence-corrected chi connectivity index (χ3v) is 6.83. The molecule has 2 atom stereocenters. The van der Waals surface area contributed by atoms with Crippen molar-refractivity contribution < 1.29 is 23.4 Å². The van der Waals surface area contributed by atoms with Gasteiger partial charge in [-0.05, 0) is 6.92 Å². The molecular weight excluding hydrogens is 336 g/mol. The number of carboxylic acids is 1. The molecule has 0 unspecified atom stereocenters. The van der Waals surface area contributed by atoms with Crippen LogP contribution in [0.25, 0.3) is 0 Å². The number of likely N-dealkylation sites (tertiary alicyclic amines) is 1. The van der Waals surface area contributed by atoms with Gasteiger partial charge in [-0.1, -0.05) is 0 Å². The maximum absolute atomic E-state index is 12.8. The van der Waals surface area contributed by atoms with Crippen LogP contribution in [0.1, 0.15) is 6.92 Å². The standard InChI is InChI=1S/C14H22N4O5S/c1-2-17-8-12(5-15-17)24(22,23)18-7-11-6-16(3-4-19)9-14(11,10-18)13(20)21/h5,8,11,19H,2-4,6-7,9-10H2,1H3,(H,20,21)/t11-,14-/m1/s1. The van der Waals surface area contributed by atoms with E-state index in [0.717, 1.165) is 0 Å². The molecule has 0 saturated carbocycles. The van der Waals surface area contributed by atoms with E-state index in [1.165, 1.54) is 21.4 Å². The lowest BCUT2D eigenvalue weighted by atomic mass is 9.81. The van der Waals surface area contributed by atoms with Crippen LogP contribution in [0.2, 0.25) is 0 Å². The summed E-state index contributed by atoms with van der Waals surface area (Å²) in [6.45, 7) is 3.65. The Morgan fingerprint density at radius 2 is 2.17 bits per heavy atom. The Labute approximate surface area is 140 Å². The van der Waals surface area contributed by atoms with Crippen LogP contribution in [0.15, 0.2) is 17.3 Å². The third-order valence-electron chi connectivity index (χ3n) is 5.06. The minimum absolute atomic E-state index is 0.0410. The molecule has 0 aromatic carbocycles. The van der Waals surface area contributed by atoms with Gasteiger partial charge in [0.15, 0.2) is 0 Å². The molecule has 0 spiro atoms. The van der Waals surface area contributed by atoms with Crippen LogP contribution in [0, 0.1) is 11.3 Å². The van der Waals surface area contributed by atoms with Crippen molar-refractivity contribution in [2.45, 2.75) is 18.4 Å². The van der Waals surface area contributed by atoms with Crippen LogP contribution in [0.3, 0.4) is 0 Å². The lowest BCUT2D eigenvalue weighted by Gasteiger charge is -2.24. The lowest BCUT2D eigenvalue weighted by molar-refractivity contribution is -0.148. The van der Waals surface area contributed by atoms with E-state index < -0.39 is 21.4 Å². The Kier molecular flexibility index (Phi) is 4.41. The molecule has 1 aromatic heterocycles. The van der Waals surface area contributed by atoms with Crippen LogP contribution < -0.4 is 0 Å². The number of hydrogen-bond donors (Lipinski definition) is 2. The molecule has 0 radical (unpaired) electrons. The van der Waals surface area contributed by atoms with Crippen LogP contribution in [0.5, 0.6) is 0 Å². The molecule has 2 fully saturated rings. The number of rotatable bonds is 6. The second-order valence-electron chi connectivity index (χ2n) is 6.45. The number of aliphatic carboxylic acids is 1. The molecule has 24 heavy (non-hydrogen) atoms. The monoisotopic (exact) mass is 358 g/mol. The molecule has 0 bridgehead atoms. The summed E-state index contributed by atoms with van der Waals surface area (Å²) in [4.78, 5) is 13.9. The molecule has 2 aliphatic rings. The fraction of sp³-hybridized carbons (Fsp3) is 0.714. The van der Waals surface area contributed by atoms with Gasteiger partial charge in [0, 0.05) is 51.4 Å². The largest absolute Gasteiger partial charge is 0.481 e. The summed E-state index contributed by atoms with van der Waals surface area (Å²) < 4.78 is 28.4. The van der Waals surface area contributed by atoms with Crippen LogP contribution >= 0.6 is 0 Å². The van der Waals surface area contributed by atoms with Gasteiger partial charge in [0.05, 0.1) is 18.2 Å². The first kappa shape index (κ1) is 17.3. The molecule has 3 rings (SSSR count). The number of β-amino-alcohol motifs (C(OH)–C–C–N with tert-alkyl or cyclic N) is 1. The number of carboxylic acid groups (broad SMARTS) is 1. The van der Waals surface area contributed by atoms with Crippen molar-refractivity contribution in [2.24, 2.45) is 11.3 Å². The fourth-order valence-corrected chi connectivity index (χ4v) is 5.23. The molecule has 0 amide bonds. The molecule has 134 valence electrons. The second kappa shape index (κ2) is 6.10. The van der Waals surface area contributed by atoms with E-state index in [-0.39, 0.29) is 37.1 Å². The van der Waals surface area contributed by atoms with Gasteiger partial charge in [-0.2, -0.15) is 9.40 Å². The number of aromatic nitrogens is 2. The van der Waals surface area contributed by atoms with Gasteiger partial charge in [0.25, 0.3) is 0 Å². The number of nitrogens with zero attached hydrogens (tertiary/aromatic N) is 4. The average molecular weight is 358 g/mol. The summed E-state index contributed by atoms with van der Waals surface area (Å²) >= 11 is 0. The van der Waals surface area contributed by atoms with Gasteiger partial charge in [-0.15, -0.1) is 0 Å². The van der Waals surface area contributed by atoms with Crippen LogP contribution in [-0.2, 0) is 21.4 Å². The van der Waals surface area contributed by atoms with Crippen LogP contribution in [0.4, 0.5) is 0 Å². The maximum Gasteiger partial charge on any atom is 0.312 e. The predicted molar refractivity (Wildman–Crippen MR) is 83.7 cm³/mol. The highest BCUT2D eigenvalue weighted by molar-refractivity contribution is 7.89. The zero-order valence-corrected chi connectivity index (χ0v) is 14.3. The third kappa shape index (κ3) is 2.63. The first-order valence-corrected chi connectivity index (χ1v) is 9.36. The number of aryl methyl sites for hydroxylation is 1. The smallest absolute Gasteiger partial charge is 0.312 e. The zero-order valence-electron chi connectivity index (χ0n) is 13.5. The minimum Gasteiger partial charge on any atom is -0.481 e. The Bertz CT molecular complexity index is 733. The molecule has 10 heteroatoms. The zero-order chi connectivity index (χ0) is 17.5. The van der Waals surface area contributed by atoms with Crippen molar-refractivity contribution in [3.8, 4) is 0 Å². The van der Waals surface area contributed by atoms with E-state index in [2.05, 4.69) is 5.10 Å². The van der Waals surface area contributed by atoms with Gasteiger partial charge in [0.1, 0.15) is 4.90 Å². The summed E-state index contributed by atoms with van der Waals surface area (Å²) in [5, 5.41) is 22.8. The molecule has 2 saturated heterocycles. The fourth-order valence-electron chi connectivity index (χ4n) is 3.72. The van der Waals surface area contributed by atoms with Crippen molar-refractivity contribution in [3.63, 3.8) is 0 Å². The van der Waals surface area contributed by atoms with E-state index in [9.17, 15) is 18.3 Å². The van der Waals surface area contributed by atoms with Gasteiger partial charge in [0.2, 0.25) is 10.0 Å². The molecule has 1 aromatic rings. The Morgan fingerprint density at radius 1 is 1.42 bits per heavy atom.